The van der Waals surface area contributed by atoms with Gasteiger partial charge in [-0.15, -0.1) is 0 Å². The zero-order valence-corrected chi connectivity index (χ0v) is 17.1. The van der Waals surface area contributed by atoms with E-state index >= 15 is 0 Å². The topological polar surface area (TPSA) is 184 Å². The quantitative estimate of drug-likeness (QED) is 0.446. The second-order valence-electron chi connectivity index (χ2n) is 4.98. The SMILES string of the molecule is C.CC.CNC(=O)Nc1ccc(Cc2ccc(NC(=O)NC)cc2)cc1.N.N.O. The molecule has 0 atom stereocenters. The van der Waals surface area contributed by atoms with Crippen LogP contribution in [0.3, 0.4) is 0 Å². The third-order valence-electron chi connectivity index (χ3n) is 3.29. The van der Waals surface area contributed by atoms with Crippen LogP contribution in [0, 0.1) is 0 Å². The first-order valence-electron chi connectivity index (χ1n) is 8.26. The molecule has 0 saturated heterocycles. The average molecular weight is 411 g/mol. The third kappa shape index (κ3) is 12.0. The van der Waals surface area contributed by atoms with Gasteiger partial charge in [-0.3, -0.25) is 0 Å². The van der Waals surface area contributed by atoms with Gasteiger partial charge in [-0.05, 0) is 41.8 Å². The summed E-state index contributed by atoms with van der Waals surface area (Å²) in [5.41, 5.74) is 3.77. The molecule has 0 bridgehead atoms. The largest absolute Gasteiger partial charge is 0.412 e. The van der Waals surface area contributed by atoms with Crippen molar-refractivity contribution in [1.82, 2.24) is 22.9 Å². The van der Waals surface area contributed by atoms with Crippen molar-refractivity contribution in [2.75, 3.05) is 24.7 Å². The van der Waals surface area contributed by atoms with Gasteiger partial charge in [-0.2, -0.15) is 0 Å². The molecule has 0 saturated carbocycles. The highest BCUT2D eigenvalue weighted by atomic mass is 16.2. The maximum absolute atomic E-state index is 11.2. The minimum atomic E-state index is -0.239. The van der Waals surface area contributed by atoms with Gasteiger partial charge in [0.05, 0.1) is 0 Å². The summed E-state index contributed by atoms with van der Waals surface area (Å²) in [6.45, 7) is 4.00. The maximum Gasteiger partial charge on any atom is 0.318 e. The Labute approximate surface area is 174 Å². The summed E-state index contributed by atoms with van der Waals surface area (Å²) in [7, 11) is 3.15. The number of rotatable bonds is 4. The smallest absolute Gasteiger partial charge is 0.318 e. The molecule has 0 fully saturated rings. The van der Waals surface area contributed by atoms with Crippen LogP contribution in [-0.4, -0.2) is 31.6 Å². The molecule has 0 aliphatic rings. The molecule has 0 unspecified atom stereocenters. The maximum atomic E-state index is 11.2. The van der Waals surface area contributed by atoms with Crippen molar-refractivity contribution < 1.29 is 15.1 Å². The van der Waals surface area contributed by atoms with Gasteiger partial charge < -0.3 is 39.0 Å². The first-order chi connectivity index (χ1) is 12.1. The first-order valence-corrected chi connectivity index (χ1v) is 8.26. The molecule has 29 heavy (non-hydrogen) atoms. The lowest BCUT2D eigenvalue weighted by Crippen LogP contribution is -2.24. The molecule has 2 aromatic rings. The van der Waals surface area contributed by atoms with Crippen LogP contribution in [0.5, 0.6) is 0 Å². The van der Waals surface area contributed by atoms with Crippen LogP contribution in [0.2, 0.25) is 0 Å². The van der Waals surface area contributed by atoms with Crippen LogP contribution >= 0.6 is 0 Å². The van der Waals surface area contributed by atoms with Gasteiger partial charge in [0.1, 0.15) is 0 Å². The number of benzene rings is 2. The van der Waals surface area contributed by atoms with Crippen LogP contribution in [0.25, 0.3) is 0 Å². The van der Waals surface area contributed by atoms with Gasteiger partial charge in [-0.25, -0.2) is 9.59 Å². The lowest BCUT2D eigenvalue weighted by atomic mass is 10.0. The number of carbonyl (C=O) groups is 2. The van der Waals surface area contributed by atoms with Gasteiger partial charge in [0.25, 0.3) is 0 Å². The van der Waals surface area contributed by atoms with Crippen molar-refractivity contribution in [2.24, 2.45) is 0 Å². The molecule has 0 aliphatic heterocycles. The molecule has 2 rings (SSSR count). The minimum Gasteiger partial charge on any atom is -0.412 e. The van der Waals surface area contributed by atoms with Crippen molar-refractivity contribution in [3.8, 4) is 0 Å². The van der Waals surface area contributed by atoms with E-state index in [-0.39, 0.29) is 37.3 Å². The summed E-state index contributed by atoms with van der Waals surface area (Å²) in [5, 5.41) is 10.4. The molecule has 12 N–H and O–H groups in total. The number of anilines is 2. The first kappa shape index (κ1) is 33.4. The van der Waals surface area contributed by atoms with E-state index in [1.807, 2.05) is 62.4 Å². The Hall–Kier alpha value is -3.14. The van der Waals surface area contributed by atoms with E-state index < -0.39 is 0 Å². The lowest BCUT2D eigenvalue weighted by molar-refractivity contribution is 0.253. The van der Waals surface area contributed by atoms with Crippen molar-refractivity contribution in [1.29, 1.82) is 0 Å². The Bertz CT molecular complexity index is 616. The summed E-state index contributed by atoms with van der Waals surface area (Å²) in [5.74, 6) is 0. The average Bonchev–Trinajstić information content (AvgIpc) is 2.66. The van der Waals surface area contributed by atoms with Gasteiger partial charge in [0.2, 0.25) is 0 Å². The summed E-state index contributed by atoms with van der Waals surface area (Å²) in [6.07, 6.45) is 0.778. The molecular formula is C20H38N6O3. The molecule has 0 radical (unpaired) electrons. The van der Waals surface area contributed by atoms with Crippen LogP contribution in [0.1, 0.15) is 32.4 Å². The van der Waals surface area contributed by atoms with E-state index in [1.165, 1.54) is 0 Å². The van der Waals surface area contributed by atoms with Gasteiger partial charge in [-0.1, -0.05) is 45.5 Å². The van der Waals surface area contributed by atoms with E-state index in [1.54, 1.807) is 14.1 Å². The van der Waals surface area contributed by atoms with Crippen molar-refractivity contribution >= 4 is 23.4 Å². The van der Waals surface area contributed by atoms with E-state index in [4.69, 9.17) is 0 Å². The zero-order chi connectivity index (χ0) is 18.7. The van der Waals surface area contributed by atoms with Gasteiger partial charge in [0.15, 0.2) is 0 Å². The summed E-state index contributed by atoms with van der Waals surface area (Å²) in [4.78, 5) is 22.5. The number of amides is 4. The molecule has 9 heteroatoms. The molecule has 0 aromatic heterocycles. The minimum absolute atomic E-state index is 0. The Kier molecular flexibility index (Phi) is 21.0. The summed E-state index contributed by atoms with van der Waals surface area (Å²) in [6, 6.07) is 14.9. The number of carbonyl (C=O) groups excluding carboxylic acids is 2. The molecule has 0 aliphatic carbocycles. The monoisotopic (exact) mass is 410 g/mol. The summed E-state index contributed by atoms with van der Waals surface area (Å²) < 4.78 is 0. The van der Waals surface area contributed by atoms with Crippen LogP contribution in [0.15, 0.2) is 48.5 Å². The lowest BCUT2D eigenvalue weighted by Gasteiger charge is -2.08. The molecule has 4 amide bonds. The van der Waals surface area contributed by atoms with E-state index in [9.17, 15) is 9.59 Å². The molecule has 2 aromatic carbocycles. The Morgan fingerprint density at radius 1 is 0.690 bits per heavy atom. The molecular weight excluding hydrogens is 372 g/mol. The van der Waals surface area contributed by atoms with Crippen molar-refractivity contribution in [2.45, 2.75) is 27.7 Å². The van der Waals surface area contributed by atoms with E-state index in [0.29, 0.717) is 0 Å². The van der Waals surface area contributed by atoms with Crippen molar-refractivity contribution in [3.63, 3.8) is 0 Å². The molecule has 166 valence electrons. The van der Waals surface area contributed by atoms with Crippen LogP contribution < -0.4 is 33.6 Å². The van der Waals surface area contributed by atoms with Crippen LogP contribution in [-0.2, 0) is 6.42 Å². The summed E-state index contributed by atoms with van der Waals surface area (Å²) >= 11 is 0. The second kappa shape index (κ2) is 18.2. The van der Waals surface area contributed by atoms with E-state index in [0.717, 1.165) is 28.9 Å². The fourth-order valence-electron chi connectivity index (χ4n) is 2.03. The Balaban J connectivity index is -0.000000505. The van der Waals surface area contributed by atoms with Gasteiger partial charge in [0, 0.05) is 25.5 Å². The standard InChI is InChI=1S/C17H20N4O2.C2H6.CH4.2H3N.H2O/c1-18-16(22)20-14-7-3-12(4-8-14)11-13-5-9-15(10-6-13)21-17(23)19-2;1-2;;;;/h3-10H,11H2,1-2H3,(H2,18,20,22)(H2,19,21,23);1-2H3;1H4;2*1H3;1H2. The number of urea groups is 2. The van der Waals surface area contributed by atoms with Crippen molar-refractivity contribution in [3.05, 3.63) is 59.7 Å². The Morgan fingerprint density at radius 2 is 0.966 bits per heavy atom. The number of hydrogen-bond acceptors (Lipinski definition) is 4. The van der Waals surface area contributed by atoms with Gasteiger partial charge >= 0.3 is 12.1 Å². The Morgan fingerprint density at radius 3 is 1.21 bits per heavy atom. The highest BCUT2D eigenvalue weighted by molar-refractivity contribution is 5.89. The second-order valence-corrected chi connectivity index (χ2v) is 4.98. The predicted octanol–water partition coefficient (Wildman–Crippen LogP) is 3.94. The third-order valence-corrected chi connectivity index (χ3v) is 3.29. The van der Waals surface area contributed by atoms with E-state index in [2.05, 4.69) is 21.3 Å². The zero-order valence-electron chi connectivity index (χ0n) is 17.1. The van der Waals surface area contributed by atoms with Crippen LogP contribution in [0.4, 0.5) is 21.0 Å². The molecule has 0 heterocycles. The number of hydrogen-bond donors (Lipinski definition) is 6. The molecule has 0 spiro atoms. The fourth-order valence-corrected chi connectivity index (χ4v) is 2.03. The molecule has 9 nitrogen and oxygen atoms in total. The predicted molar refractivity (Wildman–Crippen MR) is 124 cm³/mol. The fraction of sp³-hybridized carbons (Fsp3) is 0.300. The normalized spacial score (nSPS) is 8.00. The highest BCUT2D eigenvalue weighted by Crippen LogP contribution is 2.16. The number of nitrogens with one attached hydrogen (secondary N) is 4. The highest BCUT2D eigenvalue weighted by Gasteiger charge is 2.02.